The number of hydrogen-bond acceptors (Lipinski definition) is 4. The third kappa shape index (κ3) is 3.70. The molecule has 0 amide bonds. The first-order valence-electron chi connectivity index (χ1n) is 6.23. The highest BCUT2D eigenvalue weighted by molar-refractivity contribution is 7.89. The average Bonchev–Trinajstić information content (AvgIpc) is 2.84. The summed E-state index contributed by atoms with van der Waals surface area (Å²) in [5, 5.41) is 0. The molecule has 0 saturated heterocycles. The number of aryl methyl sites for hydroxylation is 2. The van der Waals surface area contributed by atoms with E-state index in [1.807, 2.05) is 13.8 Å². The van der Waals surface area contributed by atoms with E-state index >= 15 is 0 Å². The summed E-state index contributed by atoms with van der Waals surface area (Å²) in [5.74, 6) is 0.278. The molecular weight excluding hydrogens is 304 g/mol. The molecule has 1 saturated carbocycles. The smallest absolute Gasteiger partial charge is 0.241 e. The summed E-state index contributed by atoms with van der Waals surface area (Å²) in [6, 6.07) is 1.74. The minimum absolute atomic E-state index is 0. The highest BCUT2D eigenvalue weighted by Gasteiger charge is 2.31. The van der Waals surface area contributed by atoms with Crippen molar-refractivity contribution in [2.45, 2.75) is 44.0 Å². The van der Waals surface area contributed by atoms with Gasteiger partial charge in [0.05, 0.1) is 4.90 Å². The molecule has 1 heterocycles. The third-order valence-corrected chi connectivity index (χ3v) is 6.26. The van der Waals surface area contributed by atoms with Gasteiger partial charge in [-0.3, -0.25) is 0 Å². The Labute approximate surface area is 125 Å². The van der Waals surface area contributed by atoms with Gasteiger partial charge in [0.15, 0.2) is 0 Å². The maximum atomic E-state index is 12.3. The second-order valence-corrected chi connectivity index (χ2v) is 8.07. The van der Waals surface area contributed by atoms with Crippen LogP contribution in [0.1, 0.15) is 29.0 Å². The summed E-state index contributed by atoms with van der Waals surface area (Å²) in [5.41, 5.74) is 5.68. The normalized spacial score (nSPS) is 23.3. The number of hydrogen-bond donors (Lipinski definition) is 2. The molecule has 0 bridgehead atoms. The Hall–Kier alpha value is -0.140. The monoisotopic (exact) mass is 324 g/mol. The lowest BCUT2D eigenvalue weighted by Gasteiger charge is -2.19. The van der Waals surface area contributed by atoms with E-state index in [9.17, 15) is 8.42 Å². The van der Waals surface area contributed by atoms with Crippen LogP contribution in [0.2, 0.25) is 0 Å². The van der Waals surface area contributed by atoms with Crippen molar-refractivity contribution in [1.82, 2.24) is 4.72 Å². The molecule has 4 nitrogen and oxygen atoms in total. The molecular formula is C12H21ClN2O2S2. The Morgan fingerprint density at radius 3 is 2.63 bits per heavy atom. The molecule has 2 unspecified atom stereocenters. The number of rotatable bonds is 4. The van der Waals surface area contributed by atoms with Crippen LogP contribution in [0, 0.1) is 19.8 Å². The summed E-state index contributed by atoms with van der Waals surface area (Å²) in [4.78, 5) is 2.30. The second-order valence-electron chi connectivity index (χ2n) is 4.93. The lowest BCUT2D eigenvalue weighted by Crippen LogP contribution is -2.39. The highest BCUT2D eigenvalue weighted by atomic mass is 35.5. The zero-order chi connectivity index (χ0) is 13.3. The van der Waals surface area contributed by atoms with Gasteiger partial charge in [-0.25, -0.2) is 13.1 Å². The zero-order valence-electron chi connectivity index (χ0n) is 11.2. The first-order valence-corrected chi connectivity index (χ1v) is 8.53. The van der Waals surface area contributed by atoms with Crippen molar-refractivity contribution >= 4 is 33.8 Å². The van der Waals surface area contributed by atoms with Gasteiger partial charge >= 0.3 is 0 Å². The van der Waals surface area contributed by atoms with Crippen LogP contribution in [0.5, 0.6) is 0 Å². The van der Waals surface area contributed by atoms with Gasteiger partial charge in [-0.15, -0.1) is 23.7 Å². The van der Waals surface area contributed by atoms with Crippen molar-refractivity contribution in [1.29, 1.82) is 0 Å². The maximum Gasteiger partial charge on any atom is 0.241 e. The topological polar surface area (TPSA) is 72.2 Å². The molecule has 110 valence electrons. The molecule has 1 aromatic heterocycles. The van der Waals surface area contributed by atoms with Gasteiger partial charge in [0, 0.05) is 15.8 Å². The summed E-state index contributed by atoms with van der Waals surface area (Å²) in [7, 11) is -3.39. The molecule has 19 heavy (non-hydrogen) atoms. The zero-order valence-corrected chi connectivity index (χ0v) is 13.6. The van der Waals surface area contributed by atoms with E-state index in [2.05, 4.69) is 4.72 Å². The molecule has 3 N–H and O–H groups in total. The first-order chi connectivity index (χ1) is 8.44. The van der Waals surface area contributed by atoms with Crippen molar-refractivity contribution < 1.29 is 8.42 Å². The van der Waals surface area contributed by atoms with Crippen molar-refractivity contribution in [3.8, 4) is 0 Å². The van der Waals surface area contributed by atoms with E-state index in [1.165, 1.54) is 11.3 Å². The van der Waals surface area contributed by atoms with Crippen LogP contribution in [0.15, 0.2) is 11.0 Å². The fraction of sp³-hybridized carbons (Fsp3) is 0.667. The van der Waals surface area contributed by atoms with E-state index in [1.54, 1.807) is 6.07 Å². The van der Waals surface area contributed by atoms with Crippen LogP contribution in [-0.4, -0.2) is 21.0 Å². The predicted molar refractivity (Wildman–Crippen MR) is 81.5 cm³/mol. The molecule has 2 atom stereocenters. The van der Waals surface area contributed by atoms with Crippen LogP contribution in [0.3, 0.4) is 0 Å². The fourth-order valence-electron chi connectivity index (χ4n) is 2.61. The molecule has 0 spiro atoms. The lowest BCUT2D eigenvalue weighted by atomic mass is 10.1. The quantitative estimate of drug-likeness (QED) is 0.891. The average molecular weight is 325 g/mol. The van der Waals surface area contributed by atoms with Crippen LogP contribution in [0.4, 0.5) is 0 Å². The fourth-order valence-corrected chi connectivity index (χ4v) is 5.51. The number of halogens is 1. The summed E-state index contributed by atoms with van der Waals surface area (Å²) in [6.07, 6.45) is 2.96. The van der Waals surface area contributed by atoms with Gasteiger partial charge in [0.25, 0.3) is 0 Å². The van der Waals surface area contributed by atoms with E-state index in [0.29, 0.717) is 11.4 Å². The standard InChI is InChI=1S/C12H20N2O2S2.ClH/c1-8-6-12(9(2)17-8)18(15,16)14-11-5-3-4-10(11)7-13;/h6,10-11,14H,3-5,7,13H2,1-2H3;1H. The largest absolute Gasteiger partial charge is 0.330 e. The molecule has 0 aliphatic heterocycles. The minimum atomic E-state index is -3.39. The molecule has 1 aliphatic carbocycles. The first kappa shape index (κ1) is 16.9. The molecule has 2 rings (SSSR count). The summed E-state index contributed by atoms with van der Waals surface area (Å²) < 4.78 is 27.5. The van der Waals surface area contributed by atoms with Gasteiger partial charge in [-0.2, -0.15) is 0 Å². The molecule has 7 heteroatoms. The molecule has 1 fully saturated rings. The van der Waals surface area contributed by atoms with E-state index in [4.69, 9.17) is 5.73 Å². The number of sulfonamides is 1. The SMILES string of the molecule is Cc1cc(S(=O)(=O)NC2CCCC2CN)c(C)s1.Cl. The maximum absolute atomic E-state index is 12.3. The predicted octanol–water partition coefficient (Wildman–Crippen LogP) is 2.19. The van der Waals surface area contributed by atoms with E-state index in [0.717, 1.165) is 29.0 Å². The molecule has 0 aromatic carbocycles. The number of thiophene rings is 1. The van der Waals surface area contributed by atoms with Crippen molar-refractivity contribution in [2.24, 2.45) is 11.7 Å². The van der Waals surface area contributed by atoms with E-state index < -0.39 is 10.0 Å². The Balaban J connectivity index is 0.00000180. The van der Waals surface area contributed by atoms with Crippen LogP contribution < -0.4 is 10.5 Å². The van der Waals surface area contributed by atoms with Crippen molar-refractivity contribution in [3.63, 3.8) is 0 Å². The Bertz CT molecular complexity index is 528. The Kier molecular flexibility index (Phi) is 5.82. The second kappa shape index (κ2) is 6.54. The minimum Gasteiger partial charge on any atom is -0.330 e. The number of nitrogens with two attached hydrogens (primary N) is 1. The van der Waals surface area contributed by atoms with Gasteiger partial charge in [0.1, 0.15) is 0 Å². The lowest BCUT2D eigenvalue weighted by molar-refractivity contribution is 0.453. The third-order valence-electron chi connectivity index (χ3n) is 3.55. The summed E-state index contributed by atoms with van der Waals surface area (Å²) in [6.45, 7) is 4.32. The molecule has 1 aromatic rings. The van der Waals surface area contributed by atoms with Gasteiger partial charge in [-0.1, -0.05) is 6.42 Å². The van der Waals surface area contributed by atoms with Crippen LogP contribution in [0.25, 0.3) is 0 Å². The van der Waals surface area contributed by atoms with Crippen molar-refractivity contribution in [2.75, 3.05) is 6.54 Å². The number of nitrogens with one attached hydrogen (secondary N) is 1. The van der Waals surface area contributed by atoms with Crippen LogP contribution in [-0.2, 0) is 10.0 Å². The van der Waals surface area contributed by atoms with E-state index in [-0.39, 0.29) is 24.4 Å². The highest BCUT2D eigenvalue weighted by Crippen LogP contribution is 2.29. The Morgan fingerprint density at radius 1 is 1.42 bits per heavy atom. The summed E-state index contributed by atoms with van der Waals surface area (Å²) >= 11 is 1.52. The van der Waals surface area contributed by atoms with Gasteiger partial charge < -0.3 is 5.73 Å². The van der Waals surface area contributed by atoms with Crippen molar-refractivity contribution in [3.05, 3.63) is 15.8 Å². The molecule has 1 aliphatic rings. The van der Waals surface area contributed by atoms with Crippen LogP contribution >= 0.6 is 23.7 Å². The van der Waals surface area contributed by atoms with Gasteiger partial charge in [0.2, 0.25) is 10.0 Å². The molecule has 0 radical (unpaired) electrons. The Morgan fingerprint density at radius 2 is 2.11 bits per heavy atom. The van der Waals surface area contributed by atoms with Gasteiger partial charge in [-0.05, 0) is 45.2 Å².